The average molecular weight is 629 g/mol. The Morgan fingerprint density at radius 2 is 1.44 bits per heavy atom. The Kier molecular flexibility index (Phi) is 7.64. The number of fused-ring (bicyclic) bond motifs is 1. The fraction of sp³-hybridized carbons (Fsp3) is 0.233. The van der Waals surface area contributed by atoms with Crippen LogP contribution < -0.4 is 15.5 Å². The Labute approximate surface area is 252 Å². The van der Waals surface area contributed by atoms with E-state index in [0.717, 1.165) is 42.9 Å². The Bertz CT molecular complexity index is 1800. The van der Waals surface area contributed by atoms with Gasteiger partial charge in [-0.05, 0) is 61.6 Å². The molecule has 2 aromatic heterocycles. The maximum atomic E-state index is 13.1. The Hall–Kier alpha value is -5.05. The normalized spacial score (nSPS) is 14.6. The standard InChI is InChI=1S/C30H26F6N8O/c1-43-8-10-44(11-9-43)22-6-7-23-25(15-22)40-27(39-23)26-16-24(41-42-26)17-2-4-20(5-3-17)37-28(45)38-21-13-18(29(31,32)33)12-19(14-21)30(34,35)36/h2-7,12-16H,8-11H2,1H3,(H,39,40)(H,41,42)(H2,37,38,45). The van der Waals surface area contributed by atoms with E-state index in [1.54, 1.807) is 18.2 Å². The number of piperazine rings is 1. The number of rotatable bonds is 5. The molecular weight excluding hydrogens is 602 g/mol. The number of H-pyrrole nitrogens is 2. The van der Waals surface area contributed by atoms with Crippen LogP contribution in [0.3, 0.4) is 0 Å². The van der Waals surface area contributed by atoms with E-state index in [2.05, 4.69) is 54.5 Å². The number of hydrogen-bond acceptors (Lipinski definition) is 5. The van der Waals surface area contributed by atoms with Crippen molar-refractivity contribution in [1.82, 2.24) is 25.1 Å². The summed E-state index contributed by atoms with van der Waals surface area (Å²) in [6.45, 7) is 3.90. The van der Waals surface area contributed by atoms with E-state index in [1.807, 2.05) is 11.4 Å². The molecule has 6 rings (SSSR count). The van der Waals surface area contributed by atoms with Crippen LogP contribution in [-0.2, 0) is 12.4 Å². The molecule has 0 radical (unpaired) electrons. The summed E-state index contributed by atoms with van der Waals surface area (Å²) in [6, 6.07) is 14.1. The highest BCUT2D eigenvalue weighted by atomic mass is 19.4. The van der Waals surface area contributed by atoms with E-state index in [9.17, 15) is 31.1 Å². The lowest BCUT2D eigenvalue weighted by Gasteiger charge is -2.34. The zero-order valence-electron chi connectivity index (χ0n) is 23.6. The van der Waals surface area contributed by atoms with Gasteiger partial charge in [0.25, 0.3) is 0 Å². The predicted octanol–water partition coefficient (Wildman–Crippen LogP) is 7.05. The highest BCUT2D eigenvalue weighted by Crippen LogP contribution is 2.37. The van der Waals surface area contributed by atoms with Gasteiger partial charge < -0.3 is 25.4 Å². The van der Waals surface area contributed by atoms with Gasteiger partial charge in [-0.25, -0.2) is 9.78 Å². The predicted molar refractivity (Wildman–Crippen MR) is 158 cm³/mol. The van der Waals surface area contributed by atoms with Crippen molar-refractivity contribution >= 4 is 34.1 Å². The highest BCUT2D eigenvalue weighted by molar-refractivity contribution is 6.00. The molecule has 45 heavy (non-hydrogen) atoms. The molecule has 0 unspecified atom stereocenters. The second-order valence-electron chi connectivity index (χ2n) is 10.7. The summed E-state index contributed by atoms with van der Waals surface area (Å²) in [7, 11) is 2.11. The van der Waals surface area contributed by atoms with E-state index < -0.39 is 35.2 Å². The van der Waals surface area contributed by atoms with Gasteiger partial charge in [0.05, 0.1) is 27.9 Å². The van der Waals surface area contributed by atoms with E-state index in [0.29, 0.717) is 34.9 Å². The van der Waals surface area contributed by atoms with Crippen LogP contribution in [0, 0.1) is 0 Å². The van der Waals surface area contributed by atoms with Crippen LogP contribution in [0.15, 0.2) is 66.7 Å². The van der Waals surface area contributed by atoms with Crippen LogP contribution in [0.5, 0.6) is 0 Å². The number of hydrogen-bond donors (Lipinski definition) is 4. The molecule has 234 valence electrons. The first-order valence-corrected chi connectivity index (χ1v) is 13.8. The number of likely N-dealkylation sites (N-methyl/N-ethyl adjacent to an activating group) is 1. The number of halogens is 6. The van der Waals surface area contributed by atoms with Gasteiger partial charge in [-0.1, -0.05) is 12.1 Å². The molecule has 1 aliphatic rings. The maximum absolute atomic E-state index is 13.1. The van der Waals surface area contributed by atoms with Gasteiger partial charge in [-0.2, -0.15) is 31.4 Å². The van der Waals surface area contributed by atoms with Crippen molar-refractivity contribution in [2.75, 3.05) is 48.8 Å². The Morgan fingerprint density at radius 1 is 0.800 bits per heavy atom. The number of aromatic amines is 2. The third-order valence-corrected chi connectivity index (χ3v) is 7.45. The first-order valence-electron chi connectivity index (χ1n) is 13.8. The first kappa shape index (κ1) is 30.0. The van der Waals surface area contributed by atoms with Crippen LogP contribution in [0.2, 0.25) is 0 Å². The summed E-state index contributed by atoms with van der Waals surface area (Å²) in [5, 5.41) is 11.8. The van der Waals surface area contributed by atoms with Gasteiger partial charge in [-0.15, -0.1) is 0 Å². The summed E-state index contributed by atoms with van der Waals surface area (Å²) in [5.41, 5.74) is 1.29. The third kappa shape index (κ3) is 6.72. The van der Waals surface area contributed by atoms with E-state index >= 15 is 0 Å². The summed E-state index contributed by atoms with van der Waals surface area (Å²) in [5.74, 6) is 0.609. The lowest BCUT2D eigenvalue weighted by atomic mass is 10.1. The largest absolute Gasteiger partial charge is 0.416 e. The minimum absolute atomic E-state index is 0.0121. The molecule has 1 saturated heterocycles. The molecule has 0 bridgehead atoms. The average Bonchev–Trinajstić information content (AvgIpc) is 3.64. The number of amides is 2. The Morgan fingerprint density at radius 3 is 2.09 bits per heavy atom. The lowest BCUT2D eigenvalue weighted by molar-refractivity contribution is -0.143. The van der Waals surface area contributed by atoms with Gasteiger partial charge in [0, 0.05) is 48.8 Å². The smallest absolute Gasteiger partial charge is 0.369 e. The molecule has 1 aliphatic heterocycles. The molecule has 0 spiro atoms. The number of nitrogens with zero attached hydrogens (tertiary/aromatic N) is 4. The van der Waals surface area contributed by atoms with Crippen molar-refractivity contribution < 1.29 is 31.1 Å². The van der Waals surface area contributed by atoms with Crippen LogP contribution in [0.25, 0.3) is 33.8 Å². The number of nitrogens with one attached hydrogen (secondary N) is 4. The van der Waals surface area contributed by atoms with Crippen molar-refractivity contribution in [3.05, 3.63) is 77.9 Å². The lowest BCUT2D eigenvalue weighted by Crippen LogP contribution is -2.44. The molecule has 9 nitrogen and oxygen atoms in total. The molecule has 15 heteroatoms. The molecule has 5 aromatic rings. The first-order chi connectivity index (χ1) is 21.3. The molecule has 0 aliphatic carbocycles. The molecule has 0 atom stereocenters. The second-order valence-corrected chi connectivity index (χ2v) is 10.7. The fourth-order valence-corrected chi connectivity index (χ4v) is 5.02. The molecule has 3 aromatic carbocycles. The quantitative estimate of drug-likeness (QED) is 0.156. The summed E-state index contributed by atoms with van der Waals surface area (Å²) in [4.78, 5) is 25.0. The fourth-order valence-electron chi connectivity index (χ4n) is 5.02. The van der Waals surface area contributed by atoms with Crippen molar-refractivity contribution in [2.45, 2.75) is 12.4 Å². The maximum Gasteiger partial charge on any atom is 0.416 e. The number of urea groups is 1. The summed E-state index contributed by atoms with van der Waals surface area (Å²) in [6.07, 6.45) is -10.1. The molecule has 1 fully saturated rings. The van der Waals surface area contributed by atoms with E-state index in [4.69, 9.17) is 0 Å². The van der Waals surface area contributed by atoms with Gasteiger partial charge in [0.1, 0.15) is 5.69 Å². The molecule has 2 amide bonds. The van der Waals surface area contributed by atoms with Crippen molar-refractivity contribution in [2.24, 2.45) is 0 Å². The SMILES string of the molecule is CN1CCN(c2ccc3nc(-c4cc(-c5ccc(NC(=O)Nc6cc(C(F)(F)F)cc(C(F)(F)F)c6)cc5)n[nH]4)[nH]c3c2)CC1. The second kappa shape index (κ2) is 11.5. The molecule has 3 heterocycles. The summed E-state index contributed by atoms with van der Waals surface area (Å²) >= 11 is 0. The van der Waals surface area contributed by atoms with Crippen LogP contribution in [-0.4, -0.2) is 64.3 Å². The zero-order valence-corrected chi connectivity index (χ0v) is 23.6. The van der Waals surface area contributed by atoms with E-state index in [1.165, 1.54) is 12.1 Å². The van der Waals surface area contributed by atoms with Crippen LogP contribution in [0.1, 0.15) is 11.1 Å². The minimum Gasteiger partial charge on any atom is -0.369 e. The van der Waals surface area contributed by atoms with Crippen molar-refractivity contribution in [3.63, 3.8) is 0 Å². The monoisotopic (exact) mass is 628 g/mol. The number of benzene rings is 3. The number of carbonyl (C=O) groups excluding carboxylic acids is 1. The van der Waals surface area contributed by atoms with Gasteiger partial charge in [0.2, 0.25) is 0 Å². The Balaban J connectivity index is 1.12. The topological polar surface area (TPSA) is 105 Å². The van der Waals surface area contributed by atoms with Crippen molar-refractivity contribution in [3.8, 4) is 22.8 Å². The van der Waals surface area contributed by atoms with Gasteiger partial charge in [0.15, 0.2) is 5.82 Å². The number of aromatic nitrogens is 4. The van der Waals surface area contributed by atoms with E-state index in [-0.39, 0.29) is 11.8 Å². The highest BCUT2D eigenvalue weighted by Gasteiger charge is 2.37. The molecule has 4 N–H and O–H groups in total. The molecular formula is C30H26F6N8O. The zero-order chi connectivity index (χ0) is 31.9. The minimum atomic E-state index is -5.03. The van der Waals surface area contributed by atoms with Gasteiger partial charge >= 0.3 is 18.4 Å². The summed E-state index contributed by atoms with van der Waals surface area (Å²) < 4.78 is 78.7. The number of imidazole rings is 1. The van der Waals surface area contributed by atoms with Crippen LogP contribution in [0.4, 0.5) is 48.2 Å². The third-order valence-electron chi connectivity index (χ3n) is 7.45. The number of carbonyl (C=O) groups is 1. The van der Waals surface area contributed by atoms with Gasteiger partial charge in [-0.3, -0.25) is 5.10 Å². The number of alkyl halides is 6. The molecule has 0 saturated carbocycles. The van der Waals surface area contributed by atoms with Crippen LogP contribution >= 0.6 is 0 Å². The number of anilines is 3. The van der Waals surface area contributed by atoms with Crippen molar-refractivity contribution in [1.29, 1.82) is 0 Å².